The van der Waals surface area contributed by atoms with Crippen molar-refractivity contribution < 1.29 is 19.4 Å². The Kier molecular flexibility index (Phi) is 8.35. The van der Waals surface area contributed by atoms with Gasteiger partial charge in [-0.3, -0.25) is 14.2 Å². The number of aryl methyl sites for hydroxylation is 2. The number of benzene rings is 2. The van der Waals surface area contributed by atoms with Crippen molar-refractivity contribution in [1.29, 1.82) is 0 Å². The summed E-state index contributed by atoms with van der Waals surface area (Å²) >= 11 is 0. The van der Waals surface area contributed by atoms with Crippen LogP contribution in [0, 0.1) is 6.92 Å². The number of aromatic carboxylic acids is 1. The molecule has 0 radical (unpaired) electrons. The molecule has 3 rings (SSSR count). The molecule has 0 aliphatic carbocycles. The van der Waals surface area contributed by atoms with E-state index in [2.05, 4.69) is 11.9 Å². The van der Waals surface area contributed by atoms with Crippen LogP contribution in [0.15, 0.2) is 53.3 Å². The van der Waals surface area contributed by atoms with E-state index in [9.17, 15) is 19.5 Å². The maximum absolute atomic E-state index is 13.4. The fourth-order valence-electron chi connectivity index (χ4n) is 3.90. The van der Waals surface area contributed by atoms with Crippen molar-refractivity contribution >= 4 is 11.9 Å². The van der Waals surface area contributed by atoms with E-state index in [1.54, 1.807) is 42.7 Å². The minimum Gasteiger partial charge on any atom is -0.478 e. The molecule has 3 aromatic rings. The molecule has 0 saturated heterocycles. The van der Waals surface area contributed by atoms with Gasteiger partial charge in [0.2, 0.25) is 0 Å². The molecule has 34 heavy (non-hydrogen) atoms. The Hall–Kier alpha value is -3.74. The number of aromatic nitrogens is 2. The lowest BCUT2D eigenvalue weighted by Crippen LogP contribution is -2.31. The van der Waals surface area contributed by atoms with Gasteiger partial charge in [-0.25, -0.2) is 9.78 Å². The van der Waals surface area contributed by atoms with E-state index in [-0.39, 0.29) is 24.2 Å². The maximum Gasteiger partial charge on any atom is 0.336 e. The number of hydrogen-bond donors (Lipinski definition) is 1. The third kappa shape index (κ3) is 5.78. The number of rotatable bonds is 10. The molecule has 7 nitrogen and oxygen atoms in total. The molecule has 0 aliphatic rings. The summed E-state index contributed by atoms with van der Waals surface area (Å²) in [4.78, 5) is 41.7. The molecule has 178 valence electrons. The topological polar surface area (TPSA) is 98.5 Å². The Bertz CT molecular complexity index is 1230. The van der Waals surface area contributed by atoms with Crippen LogP contribution in [-0.4, -0.2) is 33.2 Å². The standard InChI is InChI=1S/C27H30N2O5/c1-4-6-11-24-28-18(3)23(16-25(30)34-5-2)26(31)29(24)17-19-12-14-20(15-13-19)21-9-7-8-10-22(21)27(32)33/h7-10,12-15H,4-6,11,16-17H2,1-3H3,(H,32,33). The van der Waals surface area contributed by atoms with Gasteiger partial charge in [0.15, 0.2) is 0 Å². The second-order valence-electron chi connectivity index (χ2n) is 8.12. The molecule has 2 aromatic carbocycles. The van der Waals surface area contributed by atoms with Gasteiger partial charge >= 0.3 is 11.9 Å². The molecule has 1 N–H and O–H groups in total. The van der Waals surface area contributed by atoms with E-state index in [0.29, 0.717) is 35.6 Å². The van der Waals surface area contributed by atoms with E-state index in [4.69, 9.17) is 4.74 Å². The fraction of sp³-hybridized carbons (Fsp3) is 0.333. The highest BCUT2D eigenvalue weighted by atomic mass is 16.5. The summed E-state index contributed by atoms with van der Waals surface area (Å²) in [5, 5.41) is 9.47. The summed E-state index contributed by atoms with van der Waals surface area (Å²) in [5.41, 5.74) is 3.21. The van der Waals surface area contributed by atoms with Crippen LogP contribution in [0.25, 0.3) is 11.1 Å². The van der Waals surface area contributed by atoms with Crippen molar-refractivity contribution in [2.24, 2.45) is 0 Å². The first-order valence-corrected chi connectivity index (χ1v) is 11.5. The summed E-state index contributed by atoms with van der Waals surface area (Å²) in [5.74, 6) is -0.734. The fourth-order valence-corrected chi connectivity index (χ4v) is 3.90. The Balaban J connectivity index is 1.96. The molecule has 0 atom stereocenters. The van der Waals surface area contributed by atoms with Gasteiger partial charge in [0, 0.05) is 17.7 Å². The molecule has 0 saturated carbocycles. The van der Waals surface area contributed by atoms with Crippen LogP contribution in [0.5, 0.6) is 0 Å². The average molecular weight is 463 g/mol. The first kappa shape index (κ1) is 24.9. The van der Waals surface area contributed by atoms with Gasteiger partial charge in [-0.05, 0) is 43.0 Å². The van der Waals surface area contributed by atoms with Gasteiger partial charge in [-0.1, -0.05) is 55.8 Å². The van der Waals surface area contributed by atoms with Gasteiger partial charge in [0.05, 0.1) is 25.1 Å². The number of carboxylic acid groups (broad SMARTS) is 1. The van der Waals surface area contributed by atoms with Crippen LogP contribution in [0.3, 0.4) is 0 Å². The lowest BCUT2D eigenvalue weighted by molar-refractivity contribution is -0.142. The zero-order valence-electron chi connectivity index (χ0n) is 19.8. The van der Waals surface area contributed by atoms with Crippen LogP contribution in [0.1, 0.15) is 59.7 Å². The quantitative estimate of drug-likeness (QED) is 0.448. The van der Waals surface area contributed by atoms with Crippen LogP contribution < -0.4 is 5.56 Å². The van der Waals surface area contributed by atoms with Gasteiger partial charge in [-0.2, -0.15) is 0 Å². The molecule has 7 heteroatoms. The Morgan fingerprint density at radius 2 is 1.76 bits per heavy atom. The van der Waals surface area contributed by atoms with Crippen LogP contribution in [-0.2, 0) is 28.9 Å². The zero-order valence-corrected chi connectivity index (χ0v) is 19.8. The van der Waals surface area contributed by atoms with Gasteiger partial charge in [-0.15, -0.1) is 0 Å². The van der Waals surface area contributed by atoms with E-state index in [1.807, 2.05) is 24.3 Å². The molecule has 1 aromatic heterocycles. The number of ether oxygens (including phenoxy) is 1. The number of hydrogen-bond acceptors (Lipinski definition) is 5. The molecule has 0 fully saturated rings. The molecule has 0 spiro atoms. The van der Waals surface area contributed by atoms with Gasteiger partial charge < -0.3 is 9.84 Å². The molecule has 0 aliphatic heterocycles. The number of unbranched alkanes of at least 4 members (excludes halogenated alkanes) is 1. The Labute approximate surface area is 199 Å². The monoisotopic (exact) mass is 462 g/mol. The molecular formula is C27H30N2O5. The summed E-state index contributed by atoms with van der Waals surface area (Å²) < 4.78 is 6.67. The first-order valence-electron chi connectivity index (χ1n) is 11.5. The number of carbonyl (C=O) groups excluding carboxylic acids is 1. The Morgan fingerprint density at radius 1 is 1.06 bits per heavy atom. The number of carbonyl (C=O) groups is 2. The smallest absolute Gasteiger partial charge is 0.336 e. The summed E-state index contributed by atoms with van der Waals surface area (Å²) in [6.45, 7) is 6.13. The van der Waals surface area contributed by atoms with E-state index in [1.165, 1.54) is 0 Å². The van der Waals surface area contributed by atoms with Crippen LogP contribution in [0.4, 0.5) is 0 Å². The minimum absolute atomic E-state index is 0.107. The predicted octanol–water partition coefficient (Wildman–Crippen LogP) is 4.41. The third-order valence-corrected chi connectivity index (χ3v) is 5.69. The largest absolute Gasteiger partial charge is 0.478 e. The molecule has 0 unspecified atom stereocenters. The zero-order chi connectivity index (χ0) is 24.7. The summed E-state index contributed by atoms with van der Waals surface area (Å²) in [6, 6.07) is 14.3. The van der Waals surface area contributed by atoms with E-state index in [0.717, 1.165) is 24.0 Å². The molecular weight excluding hydrogens is 432 g/mol. The van der Waals surface area contributed by atoms with Crippen LogP contribution in [0.2, 0.25) is 0 Å². The average Bonchev–Trinajstić information content (AvgIpc) is 2.83. The number of nitrogens with zero attached hydrogens (tertiary/aromatic N) is 2. The highest BCUT2D eigenvalue weighted by Gasteiger charge is 2.18. The lowest BCUT2D eigenvalue weighted by Gasteiger charge is -2.16. The van der Waals surface area contributed by atoms with Crippen LogP contribution >= 0.6 is 0 Å². The number of carboxylic acids is 1. The molecule has 0 amide bonds. The minimum atomic E-state index is -0.980. The van der Waals surface area contributed by atoms with Gasteiger partial charge in [0.25, 0.3) is 5.56 Å². The predicted molar refractivity (Wildman–Crippen MR) is 130 cm³/mol. The molecule has 1 heterocycles. The normalized spacial score (nSPS) is 10.8. The SMILES string of the molecule is CCCCc1nc(C)c(CC(=O)OCC)c(=O)n1Cc1ccc(-c2ccccc2C(=O)O)cc1. The van der Waals surface area contributed by atoms with Crippen molar-refractivity contribution in [3.05, 3.63) is 87.1 Å². The first-order chi connectivity index (χ1) is 16.3. The molecule has 0 bridgehead atoms. The van der Waals surface area contributed by atoms with Crippen molar-refractivity contribution in [2.45, 2.75) is 53.0 Å². The van der Waals surface area contributed by atoms with Crippen molar-refractivity contribution in [1.82, 2.24) is 9.55 Å². The maximum atomic E-state index is 13.4. The van der Waals surface area contributed by atoms with E-state index >= 15 is 0 Å². The van der Waals surface area contributed by atoms with Crippen molar-refractivity contribution in [2.75, 3.05) is 6.61 Å². The number of esters is 1. The third-order valence-electron chi connectivity index (χ3n) is 5.69. The Morgan fingerprint density at radius 3 is 2.41 bits per heavy atom. The highest BCUT2D eigenvalue weighted by Crippen LogP contribution is 2.24. The lowest BCUT2D eigenvalue weighted by atomic mass is 9.98. The van der Waals surface area contributed by atoms with Crippen molar-refractivity contribution in [3.8, 4) is 11.1 Å². The second kappa shape index (κ2) is 11.4. The van der Waals surface area contributed by atoms with Gasteiger partial charge in [0.1, 0.15) is 5.82 Å². The van der Waals surface area contributed by atoms with Crippen molar-refractivity contribution in [3.63, 3.8) is 0 Å². The van der Waals surface area contributed by atoms with E-state index < -0.39 is 11.9 Å². The summed E-state index contributed by atoms with van der Waals surface area (Å²) in [7, 11) is 0. The summed E-state index contributed by atoms with van der Waals surface area (Å²) in [6.07, 6.45) is 2.42. The highest BCUT2D eigenvalue weighted by molar-refractivity contribution is 5.96. The second-order valence-corrected chi connectivity index (χ2v) is 8.12.